The average molecular weight is 400 g/mol. The minimum atomic E-state index is -1.45. The van der Waals surface area contributed by atoms with Crippen LogP contribution in [0.25, 0.3) is 16.7 Å². The number of halogens is 2. The van der Waals surface area contributed by atoms with Crippen LogP contribution >= 0.6 is 0 Å². The zero-order valence-corrected chi connectivity index (χ0v) is 15.5. The molecule has 0 bridgehead atoms. The zero-order valence-electron chi connectivity index (χ0n) is 15.5. The maximum atomic E-state index is 14.9. The topological polar surface area (TPSA) is 101 Å². The zero-order chi connectivity index (χ0) is 20.9. The molecule has 1 aliphatic heterocycles. The van der Waals surface area contributed by atoms with E-state index in [9.17, 15) is 23.5 Å². The second kappa shape index (κ2) is 6.93. The molecule has 2 atom stereocenters. The van der Waals surface area contributed by atoms with Crippen molar-refractivity contribution in [2.75, 3.05) is 11.4 Å². The first kappa shape index (κ1) is 19.0. The van der Waals surface area contributed by atoms with Crippen molar-refractivity contribution in [1.29, 1.82) is 0 Å². The predicted molar refractivity (Wildman–Crippen MR) is 104 cm³/mol. The summed E-state index contributed by atoms with van der Waals surface area (Å²) in [5.74, 6) is -2.62. The molecule has 0 spiro atoms. The van der Waals surface area contributed by atoms with Crippen molar-refractivity contribution in [3.8, 4) is 5.69 Å². The third kappa shape index (κ3) is 3.23. The Morgan fingerprint density at radius 2 is 1.97 bits per heavy atom. The van der Waals surface area contributed by atoms with Gasteiger partial charge in [-0.15, -0.1) is 0 Å². The van der Waals surface area contributed by atoms with E-state index >= 15 is 0 Å². The lowest BCUT2D eigenvalue weighted by Gasteiger charge is -2.24. The Kier molecular flexibility index (Phi) is 4.54. The van der Waals surface area contributed by atoms with E-state index in [2.05, 4.69) is 4.98 Å². The van der Waals surface area contributed by atoms with E-state index in [0.717, 1.165) is 12.3 Å². The standard InChI is InChI=1S/C20H18F2N4O3/c1-10-6-12(23)8-25(10)19-16(22)7-14-17(27)15(20(28)29)9-26(18(14)24-19)13-4-2-11(21)3-5-13/h2-5,7,9-10,12H,6,8,23H2,1H3,(H,28,29)/t10-,12-/m0/s1. The van der Waals surface area contributed by atoms with Gasteiger partial charge in [0.15, 0.2) is 17.3 Å². The highest BCUT2D eigenvalue weighted by atomic mass is 19.1. The SMILES string of the molecule is C[C@H]1C[C@H](N)CN1c1nc2c(cc1F)c(=O)c(C(=O)O)cn2-c1ccc(F)cc1. The molecule has 0 saturated carbocycles. The van der Waals surface area contributed by atoms with Crippen molar-refractivity contribution in [2.24, 2.45) is 5.73 Å². The molecule has 7 nitrogen and oxygen atoms in total. The maximum Gasteiger partial charge on any atom is 0.341 e. The average Bonchev–Trinajstić information content (AvgIpc) is 3.00. The molecule has 3 N–H and O–H groups in total. The van der Waals surface area contributed by atoms with Gasteiger partial charge >= 0.3 is 5.97 Å². The van der Waals surface area contributed by atoms with E-state index in [1.165, 1.54) is 28.8 Å². The fourth-order valence-corrected chi connectivity index (χ4v) is 3.73. The van der Waals surface area contributed by atoms with Crippen LogP contribution in [0, 0.1) is 11.6 Å². The fraction of sp³-hybridized carbons (Fsp3) is 0.250. The number of nitrogens with zero attached hydrogens (tertiary/aromatic N) is 3. The molecular formula is C20H18F2N4O3. The lowest BCUT2D eigenvalue weighted by Crippen LogP contribution is -2.31. The monoisotopic (exact) mass is 400 g/mol. The van der Waals surface area contributed by atoms with Gasteiger partial charge in [0.1, 0.15) is 11.4 Å². The number of carboxylic acid groups (broad SMARTS) is 1. The van der Waals surface area contributed by atoms with Crippen LogP contribution in [-0.4, -0.2) is 39.3 Å². The molecule has 1 aliphatic rings. The number of carboxylic acids is 1. The van der Waals surface area contributed by atoms with Crippen molar-refractivity contribution < 1.29 is 18.7 Å². The summed E-state index contributed by atoms with van der Waals surface area (Å²) in [5.41, 5.74) is 5.07. The van der Waals surface area contributed by atoms with Gasteiger partial charge in [-0.2, -0.15) is 0 Å². The van der Waals surface area contributed by atoms with Crippen molar-refractivity contribution in [1.82, 2.24) is 9.55 Å². The molecule has 0 unspecified atom stereocenters. The van der Waals surface area contributed by atoms with Gasteiger partial charge in [0.2, 0.25) is 5.43 Å². The highest BCUT2D eigenvalue weighted by molar-refractivity contribution is 5.92. The van der Waals surface area contributed by atoms with Crippen LogP contribution in [0.5, 0.6) is 0 Å². The van der Waals surface area contributed by atoms with Crippen molar-refractivity contribution in [3.63, 3.8) is 0 Å². The number of carbonyl (C=O) groups is 1. The maximum absolute atomic E-state index is 14.9. The predicted octanol–water partition coefficient (Wildman–Crippen LogP) is 2.29. The lowest BCUT2D eigenvalue weighted by atomic mass is 10.1. The molecule has 0 aliphatic carbocycles. The fourth-order valence-electron chi connectivity index (χ4n) is 3.73. The van der Waals surface area contributed by atoms with Gasteiger partial charge in [0.25, 0.3) is 0 Å². The molecule has 3 aromatic rings. The summed E-state index contributed by atoms with van der Waals surface area (Å²) >= 11 is 0. The Hall–Kier alpha value is -3.33. The number of anilines is 1. The van der Waals surface area contributed by atoms with E-state index < -0.39 is 28.6 Å². The molecule has 1 fully saturated rings. The van der Waals surface area contributed by atoms with Gasteiger partial charge in [-0.25, -0.2) is 18.6 Å². The molecule has 3 heterocycles. The summed E-state index contributed by atoms with van der Waals surface area (Å²) in [4.78, 5) is 30.2. The number of nitrogens with two attached hydrogens (primary N) is 1. The minimum absolute atomic E-state index is 0.0382. The van der Waals surface area contributed by atoms with Crippen molar-refractivity contribution in [2.45, 2.75) is 25.4 Å². The number of rotatable bonds is 3. The molecule has 1 saturated heterocycles. The number of hydrogen-bond acceptors (Lipinski definition) is 5. The normalized spacial score (nSPS) is 19.1. The molecule has 2 aromatic heterocycles. The number of benzene rings is 1. The van der Waals surface area contributed by atoms with Crippen LogP contribution < -0.4 is 16.1 Å². The van der Waals surface area contributed by atoms with Crippen molar-refractivity contribution in [3.05, 3.63) is 63.9 Å². The molecule has 1 aromatic carbocycles. The van der Waals surface area contributed by atoms with Crippen molar-refractivity contribution >= 4 is 22.8 Å². The Morgan fingerprint density at radius 1 is 1.28 bits per heavy atom. The summed E-state index contributed by atoms with van der Waals surface area (Å²) in [5, 5.41) is 9.22. The van der Waals surface area contributed by atoms with Crippen LogP contribution in [0.3, 0.4) is 0 Å². The quantitative estimate of drug-likeness (QED) is 0.700. The van der Waals surface area contributed by atoms with Gasteiger partial charge in [0, 0.05) is 30.5 Å². The number of aromatic nitrogens is 2. The molecule has 0 radical (unpaired) electrons. The second-order valence-electron chi connectivity index (χ2n) is 7.19. The highest BCUT2D eigenvalue weighted by Crippen LogP contribution is 2.28. The summed E-state index contributed by atoms with van der Waals surface area (Å²) in [6.45, 7) is 2.31. The second-order valence-corrected chi connectivity index (χ2v) is 7.19. The van der Waals surface area contributed by atoms with Crippen LogP contribution in [0.4, 0.5) is 14.6 Å². The summed E-state index contributed by atoms with van der Waals surface area (Å²) in [6.07, 6.45) is 1.79. The van der Waals surface area contributed by atoms with Gasteiger partial charge < -0.3 is 20.3 Å². The van der Waals surface area contributed by atoms with E-state index in [0.29, 0.717) is 18.7 Å². The molecule has 9 heteroatoms. The Bertz CT molecular complexity index is 1180. The first-order valence-electron chi connectivity index (χ1n) is 9.03. The number of fused-ring (bicyclic) bond motifs is 1. The largest absolute Gasteiger partial charge is 0.477 e. The Balaban J connectivity index is 2.02. The lowest BCUT2D eigenvalue weighted by molar-refractivity contribution is 0.0695. The molecular weight excluding hydrogens is 382 g/mol. The van der Waals surface area contributed by atoms with Gasteiger partial charge in [0.05, 0.1) is 5.39 Å². The van der Waals surface area contributed by atoms with E-state index in [1.54, 1.807) is 4.90 Å². The summed E-state index contributed by atoms with van der Waals surface area (Å²) < 4.78 is 29.6. The molecule has 0 amide bonds. The summed E-state index contributed by atoms with van der Waals surface area (Å²) in [7, 11) is 0. The first-order chi connectivity index (χ1) is 13.8. The van der Waals surface area contributed by atoms with Crippen LogP contribution in [-0.2, 0) is 0 Å². The number of pyridine rings is 2. The third-order valence-electron chi connectivity index (χ3n) is 5.13. The van der Waals surface area contributed by atoms with E-state index in [1.807, 2.05) is 6.92 Å². The Morgan fingerprint density at radius 3 is 2.55 bits per heavy atom. The highest BCUT2D eigenvalue weighted by Gasteiger charge is 2.30. The Labute approximate surface area is 164 Å². The molecule has 4 rings (SSSR count). The third-order valence-corrected chi connectivity index (χ3v) is 5.13. The minimum Gasteiger partial charge on any atom is -0.477 e. The van der Waals surface area contributed by atoms with Crippen LogP contribution in [0.2, 0.25) is 0 Å². The smallest absolute Gasteiger partial charge is 0.341 e. The number of aromatic carboxylic acids is 1. The first-order valence-corrected chi connectivity index (χ1v) is 9.03. The molecule has 29 heavy (non-hydrogen) atoms. The van der Waals surface area contributed by atoms with Crippen LogP contribution in [0.1, 0.15) is 23.7 Å². The van der Waals surface area contributed by atoms with E-state index in [-0.39, 0.29) is 28.9 Å². The van der Waals surface area contributed by atoms with Gasteiger partial charge in [-0.1, -0.05) is 0 Å². The van der Waals surface area contributed by atoms with Gasteiger partial charge in [-0.05, 0) is 43.7 Å². The van der Waals surface area contributed by atoms with Crippen LogP contribution in [0.15, 0.2) is 41.3 Å². The molecule has 150 valence electrons. The van der Waals surface area contributed by atoms with Gasteiger partial charge in [-0.3, -0.25) is 4.79 Å². The number of hydrogen-bond donors (Lipinski definition) is 2. The summed E-state index contributed by atoms with van der Waals surface area (Å²) in [6, 6.07) is 6.07. The van der Waals surface area contributed by atoms with E-state index in [4.69, 9.17) is 5.73 Å².